The van der Waals surface area contributed by atoms with E-state index in [2.05, 4.69) is 17.3 Å². The SMILES string of the molecule is CCCC1(Cc2c(Cl)c(C)nn2C)CCCN1. The quantitative estimate of drug-likeness (QED) is 0.897. The van der Waals surface area contributed by atoms with Gasteiger partial charge in [-0.15, -0.1) is 0 Å². The zero-order chi connectivity index (χ0) is 12.5. The number of nitrogens with zero attached hydrogens (tertiary/aromatic N) is 2. The molecule has 2 heterocycles. The highest BCUT2D eigenvalue weighted by Crippen LogP contribution is 2.31. The molecule has 0 aromatic carbocycles. The summed E-state index contributed by atoms with van der Waals surface area (Å²) in [6.07, 6.45) is 5.95. The molecule has 1 saturated heterocycles. The smallest absolute Gasteiger partial charge is 0.0847 e. The first kappa shape index (κ1) is 12.9. The molecule has 2 rings (SSSR count). The lowest BCUT2D eigenvalue weighted by molar-refractivity contribution is 0.334. The summed E-state index contributed by atoms with van der Waals surface area (Å²) in [5.41, 5.74) is 2.36. The van der Waals surface area contributed by atoms with Crippen LogP contribution in [0.5, 0.6) is 0 Å². The minimum atomic E-state index is 0.249. The molecule has 1 atom stereocenters. The Hall–Kier alpha value is -0.540. The molecule has 0 spiro atoms. The van der Waals surface area contributed by atoms with Crippen LogP contribution in [0.25, 0.3) is 0 Å². The van der Waals surface area contributed by atoms with Gasteiger partial charge in [-0.1, -0.05) is 24.9 Å². The van der Waals surface area contributed by atoms with Crippen LogP contribution in [0.3, 0.4) is 0 Å². The number of halogens is 1. The zero-order valence-corrected chi connectivity index (χ0v) is 11.8. The summed E-state index contributed by atoms with van der Waals surface area (Å²) in [5.74, 6) is 0. The molecule has 0 amide bonds. The first-order valence-corrected chi connectivity index (χ1v) is 6.89. The van der Waals surface area contributed by atoms with Crippen molar-refractivity contribution in [3.05, 3.63) is 16.4 Å². The van der Waals surface area contributed by atoms with E-state index in [4.69, 9.17) is 11.6 Å². The predicted molar refractivity (Wildman–Crippen MR) is 71.5 cm³/mol. The van der Waals surface area contributed by atoms with Gasteiger partial charge in [-0.3, -0.25) is 4.68 Å². The molecule has 1 fully saturated rings. The van der Waals surface area contributed by atoms with Gasteiger partial charge in [0.15, 0.2) is 0 Å². The van der Waals surface area contributed by atoms with Crippen LogP contribution < -0.4 is 5.32 Å². The molecule has 4 heteroatoms. The van der Waals surface area contributed by atoms with Crippen molar-refractivity contribution in [2.45, 2.75) is 51.5 Å². The molecule has 96 valence electrons. The fourth-order valence-electron chi connectivity index (χ4n) is 2.99. The summed E-state index contributed by atoms with van der Waals surface area (Å²) in [6, 6.07) is 0. The van der Waals surface area contributed by atoms with Gasteiger partial charge in [-0.25, -0.2) is 0 Å². The second-order valence-corrected chi connectivity index (χ2v) is 5.59. The van der Waals surface area contributed by atoms with Gasteiger partial charge in [0.1, 0.15) is 0 Å². The van der Waals surface area contributed by atoms with E-state index in [0.29, 0.717) is 0 Å². The van der Waals surface area contributed by atoms with Gasteiger partial charge < -0.3 is 5.32 Å². The summed E-state index contributed by atoms with van der Waals surface area (Å²) in [4.78, 5) is 0. The van der Waals surface area contributed by atoms with Gasteiger partial charge in [0.2, 0.25) is 0 Å². The largest absolute Gasteiger partial charge is 0.311 e. The molecule has 1 aromatic heterocycles. The number of aromatic nitrogens is 2. The third-order valence-electron chi connectivity index (χ3n) is 3.83. The Morgan fingerprint density at radius 1 is 1.53 bits per heavy atom. The van der Waals surface area contributed by atoms with E-state index in [-0.39, 0.29) is 5.54 Å². The average Bonchev–Trinajstić information content (AvgIpc) is 2.82. The van der Waals surface area contributed by atoms with E-state index < -0.39 is 0 Å². The Morgan fingerprint density at radius 3 is 2.76 bits per heavy atom. The van der Waals surface area contributed by atoms with Crippen molar-refractivity contribution in [2.24, 2.45) is 7.05 Å². The average molecular weight is 256 g/mol. The van der Waals surface area contributed by atoms with E-state index in [1.54, 1.807) is 0 Å². The Labute approximate surface area is 109 Å². The Kier molecular flexibility index (Phi) is 3.79. The molecule has 3 nitrogen and oxygen atoms in total. The van der Waals surface area contributed by atoms with Gasteiger partial charge in [-0.2, -0.15) is 5.10 Å². The van der Waals surface area contributed by atoms with Gasteiger partial charge >= 0.3 is 0 Å². The highest BCUT2D eigenvalue weighted by molar-refractivity contribution is 6.31. The lowest BCUT2D eigenvalue weighted by atomic mass is 9.87. The van der Waals surface area contributed by atoms with Crippen LogP contribution >= 0.6 is 11.6 Å². The molecule has 1 aliphatic rings. The molecule has 17 heavy (non-hydrogen) atoms. The monoisotopic (exact) mass is 255 g/mol. The zero-order valence-electron chi connectivity index (χ0n) is 11.0. The van der Waals surface area contributed by atoms with E-state index in [0.717, 1.165) is 23.7 Å². The minimum absolute atomic E-state index is 0.249. The van der Waals surface area contributed by atoms with E-state index in [1.807, 2.05) is 18.7 Å². The van der Waals surface area contributed by atoms with Crippen molar-refractivity contribution in [1.82, 2.24) is 15.1 Å². The van der Waals surface area contributed by atoms with Crippen LogP contribution in [0.2, 0.25) is 5.02 Å². The summed E-state index contributed by atoms with van der Waals surface area (Å²) in [6.45, 7) is 5.35. The summed E-state index contributed by atoms with van der Waals surface area (Å²) >= 11 is 6.34. The van der Waals surface area contributed by atoms with E-state index >= 15 is 0 Å². The third kappa shape index (κ3) is 2.50. The lowest BCUT2D eigenvalue weighted by Crippen LogP contribution is -2.42. The second kappa shape index (κ2) is 4.99. The van der Waals surface area contributed by atoms with Crippen LogP contribution in [-0.4, -0.2) is 21.9 Å². The fourth-order valence-corrected chi connectivity index (χ4v) is 3.22. The molecule has 1 N–H and O–H groups in total. The highest BCUT2D eigenvalue weighted by atomic mass is 35.5. The van der Waals surface area contributed by atoms with Gasteiger partial charge in [0.05, 0.1) is 16.4 Å². The number of aryl methyl sites for hydroxylation is 2. The van der Waals surface area contributed by atoms with Crippen LogP contribution in [-0.2, 0) is 13.5 Å². The van der Waals surface area contributed by atoms with Crippen LogP contribution in [0.4, 0.5) is 0 Å². The molecule has 0 bridgehead atoms. The van der Waals surface area contributed by atoms with Gasteiger partial charge in [0.25, 0.3) is 0 Å². The van der Waals surface area contributed by atoms with E-state index in [9.17, 15) is 0 Å². The summed E-state index contributed by atoms with van der Waals surface area (Å²) in [5, 5.41) is 8.93. The van der Waals surface area contributed by atoms with Crippen molar-refractivity contribution >= 4 is 11.6 Å². The summed E-state index contributed by atoms with van der Waals surface area (Å²) < 4.78 is 1.94. The maximum atomic E-state index is 6.34. The standard InChI is InChI=1S/C13H22ClN3/c1-4-6-13(7-5-8-15-13)9-11-12(14)10(2)16-17(11)3/h15H,4-9H2,1-3H3. The number of rotatable bonds is 4. The molecule has 1 aromatic rings. The van der Waals surface area contributed by atoms with Crippen LogP contribution in [0, 0.1) is 6.92 Å². The van der Waals surface area contributed by atoms with Crippen molar-refractivity contribution in [2.75, 3.05) is 6.54 Å². The Balaban J connectivity index is 2.23. The number of nitrogens with one attached hydrogen (secondary N) is 1. The van der Waals surface area contributed by atoms with Crippen molar-refractivity contribution in [3.8, 4) is 0 Å². The normalized spacial score (nSPS) is 24.5. The molecule has 0 saturated carbocycles. The molecule has 1 aliphatic heterocycles. The van der Waals surface area contributed by atoms with E-state index in [1.165, 1.54) is 31.4 Å². The maximum Gasteiger partial charge on any atom is 0.0847 e. The first-order valence-electron chi connectivity index (χ1n) is 6.51. The molecule has 0 radical (unpaired) electrons. The molecule has 1 unspecified atom stereocenters. The molecular formula is C13H22ClN3. The molecule has 0 aliphatic carbocycles. The highest BCUT2D eigenvalue weighted by Gasteiger charge is 2.34. The van der Waals surface area contributed by atoms with Crippen molar-refractivity contribution in [1.29, 1.82) is 0 Å². The summed E-state index contributed by atoms with van der Waals surface area (Å²) in [7, 11) is 1.99. The predicted octanol–water partition coefficient (Wildman–Crippen LogP) is 2.85. The Morgan fingerprint density at radius 2 is 2.29 bits per heavy atom. The molecular weight excluding hydrogens is 234 g/mol. The van der Waals surface area contributed by atoms with Gasteiger partial charge in [0, 0.05) is 19.0 Å². The van der Waals surface area contributed by atoms with Crippen molar-refractivity contribution in [3.63, 3.8) is 0 Å². The fraction of sp³-hybridized carbons (Fsp3) is 0.769. The third-order valence-corrected chi connectivity index (χ3v) is 4.32. The Bertz CT molecular complexity index is 392. The lowest BCUT2D eigenvalue weighted by Gasteiger charge is -2.29. The second-order valence-electron chi connectivity index (χ2n) is 5.21. The first-order chi connectivity index (χ1) is 8.08. The maximum absolute atomic E-state index is 6.34. The minimum Gasteiger partial charge on any atom is -0.311 e. The van der Waals surface area contributed by atoms with Gasteiger partial charge in [-0.05, 0) is 32.7 Å². The topological polar surface area (TPSA) is 29.9 Å². The van der Waals surface area contributed by atoms with Crippen LogP contribution in [0.1, 0.15) is 44.0 Å². The number of hydrogen-bond acceptors (Lipinski definition) is 2. The number of hydrogen-bond donors (Lipinski definition) is 1. The van der Waals surface area contributed by atoms with Crippen molar-refractivity contribution < 1.29 is 0 Å². The van der Waals surface area contributed by atoms with Crippen LogP contribution in [0.15, 0.2) is 0 Å².